The third-order valence-electron chi connectivity index (χ3n) is 10.4. The molecule has 2 aliphatic heterocycles. The van der Waals surface area contributed by atoms with Gasteiger partial charge in [0.2, 0.25) is 0 Å². The summed E-state index contributed by atoms with van der Waals surface area (Å²) in [7, 11) is 0. The van der Waals surface area contributed by atoms with Gasteiger partial charge in [-0.25, -0.2) is 0 Å². The van der Waals surface area contributed by atoms with E-state index in [0.29, 0.717) is 36.7 Å². The quantitative estimate of drug-likeness (QED) is 0.162. The minimum absolute atomic E-state index is 0.266. The van der Waals surface area contributed by atoms with Crippen molar-refractivity contribution in [3.8, 4) is 22.3 Å². The summed E-state index contributed by atoms with van der Waals surface area (Å²) in [6, 6.07) is 35.7. The smallest absolute Gasteiger partial charge is 0.146 e. The van der Waals surface area contributed by atoms with E-state index in [-0.39, 0.29) is 12.2 Å². The van der Waals surface area contributed by atoms with Crippen LogP contribution in [0.1, 0.15) is 50.6 Å². The number of hydrogen-bond acceptors (Lipinski definition) is 2. The monoisotopic (exact) mass is 794 g/mol. The first-order chi connectivity index (χ1) is 25.2. The molecule has 0 aromatic heterocycles. The van der Waals surface area contributed by atoms with E-state index in [9.17, 15) is 0 Å². The Bertz CT molecular complexity index is 2570. The molecular formula is C44H24Cl6O2. The second kappa shape index (κ2) is 12.2. The van der Waals surface area contributed by atoms with Crippen LogP contribution in [0.5, 0.6) is 0 Å². The lowest BCUT2D eigenvalue weighted by molar-refractivity contribution is 0.237. The molecule has 0 bridgehead atoms. The average Bonchev–Trinajstić information content (AvgIpc) is 4.05. The zero-order valence-electron chi connectivity index (χ0n) is 27.0. The predicted molar refractivity (Wildman–Crippen MR) is 216 cm³/mol. The van der Waals surface area contributed by atoms with Gasteiger partial charge in [0.1, 0.15) is 17.8 Å². The number of epoxide rings is 2. The van der Waals surface area contributed by atoms with E-state index in [0.717, 1.165) is 77.9 Å². The summed E-state index contributed by atoms with van der Waals surface area (Å²) in [4.78, 5) is 0. The highest BCUT2D eigenvalue weighted by Gasteiger charge is 2.66. The summed E-state index contributed by atoms with van der Waals surface area (Å²) >= 11 is 39.5. The largest absolute Gasteiger partial charge is 0.361 e. The maximum absolute atomic E-state index is 6.95. The summed E-state index contributed by atoms with van der Waals surface area (Å²) in [5, 5.41) is 3.93. The molecule has 6 aromatic rings. The van der Waals surface area contributed by atoms with Gasteiger partial charge in [-0.3, -0.25) is 0 Å². The van der Waals surface area contributed by atoms with Crippen molar-refractivity contribution < 1.29 is 9.47 Å². The predicted octanol–water partition coefficient (Wildman–Crippen LogP) is 14.1. The van der Waals surface area contributed by atoms with Crippen molar-refractivity contribution in [1.82, 2.24) is 0 Å². The normalized spacial score (nSPS) is 22.0. The summed E-state index contributed by atoms with van der Waals surface area (Å²) in [6.07, 6.45) is 3.78. The highest BCUT2D eigenvalue weighted by atomic mass is 35.5. The van der Waals surface area contributed by atoms with Crippen molar-refractivity contribution in [2.45, 2.75) is 17.8 Å². The van der Waals surface area contributed by atoms with Crippen molar-refractivity contribution in [3.05, 3.63) is 184 Å². The van der Waals surface area contributed by atoms with Gasteiger partial charge in [0.05, 0.1) is 6.61 Å². The lowest BCUT2D eigenvalue weighted by Gasteiger charge is -2.17. The van der Waals surface area contributed by atoms with Gasteiger partial charge in [-0.05, 0) is 163 Å². The first kappa shape index (κ1) is 33.1. The first-order valence-corrected chi connectivity index (χ1v) is 19.0. The Morgan fingerprint density at radius 3 is 1.48 bits per heavy atom. The Morgan fingerprint density at radius 1 is 0.481 bits per heavy atom. The maximum Gasteiger partial charge on any atom is 0.146 e. The van der Waals surface area contributed by atoms with Gasteiger partial charge in [0.25, 0.3) is 0 Å². The molecule has 2 aliphatic carbocycles. The van der Waals surface area contributed by atoms with Gasteiger partial charge in [-0.2, -0.15) is 0 Å². The van der Waals surface area contributed by atoms with Gasteiger partial charge in [0.15, 0.2) is 0 Å². The van der Waals surface area contributed by atoms with Crippen LogP contribution in [-0.2, 0) is 15.1 Å². The Hall–Kier alpha value is -3.54. The van der Waals surface area contributed by atoms with Crippen LogP contribution in [-0.4, -0.2) is 12.7 Å². The van der Waals surface area contributed by atoms with Gasteiger partial charge < -0.3 is 9.47 Å². The SMILES string of the molecule is Clc1ccc(/C=C2/c3cc(Cl)ccc3-c3c2cc(Cl)cc3C2OC2C2(c3cc(Cl)cc4c3-c3ccc(Cl)cc3/C4=C\c3ccc(Cl)cc3)CO2)cc1. The van der Waals surface area contributed by atoms with Gasteiger partial charge in [0, 0.05) is 30.1 Å². The summed E-state index contributed by atoms with van der Waals surface area (Å²) < 4.78 is 13.1. The molecule has 0 N–H and O–H groups in total. The minimum Gasteiger partial charge on any atom is -0.361 e. The molecule has 0 spiro atoms. The molecule has 3 unspecified atom stereocenters. The van der Waals surface area contributed by atoms with E-state index < -0.39 is 5.60 Å². The fourth-order valence-corrected chi connectivity index (χ4v) is 9.07. The molecule has 4 aliphatic rings. The molecule has 2 nitrogen and oxygen atoms in total. The molecule has 6 aromatic carbocycles. The van der Waals surface area contributed by atoms with Crippen LogP contribution < -0.4 is 0 Å². The molecule has 0 saturated carbocycles. The fraction of sp³-hybridized carbons (Fsp3) is 0.0909. The Balaban J connectivity index is 1.09. The molecule has 10 rings (SSSR count). The standard InChI is InChI=1S/C44H24Cl6O2/c45-24-5-1-22(2-6-24)13-32-34-15-26(47)9-11-30(34)40-36(32)17-28(49)19-38(40)42-43(52-42)44(21-51-44)39-20-29(50)18-37-33(14-23-3-7-25(46)8-4-23)35-16-27(48)10-12-31(35)41(37)39/h1-20,42-43H,21H2/b32-13-,33-14+. The van der Waals surface area contributed by atoms with Crippen LogP contribution in [0.2, 0.25) is 30.1 Å². The summed E-state index contributed by atoms with van der Waals surface area (Å²) in [5.41, 5.74) is 13.9. The fourth-order valence-electron chi connectivity index (χ4n) is 8.03. The Kier molecular flexibility index (Phi) is 7.79. The summed E-state index contributed by atoms with van der Waals surface area (Å²) in [6.45, 7) is 0.497. The molecule has 8 heteroatoms. The highest BCUT2D eigenvalue weighted by molar-refractivity contribution is 6.33. The van der Waals surface area contributed by atoms with E-state index >= 15 is 0 Å². The maximum atomic E-state index is 6.95. The molecule has 2 saturated heterocycles. The van der Waals surface area contributed by atoms with E-state index in [4.69, 9.17) is 79.1 Å². The average molecular weight is 797 g/mol. The van der Waals surface area contributed by atoms with Gasteiger partial charge in [-0.1, -0.05) is 106 Å². The van der Waals surface area contributed by atoms with E-state index in [1.165, 1.54) is 0 Å². The molecule has 254 valence electrons. The number of benzene rings is 6. The van der Waals surface area contributed by atoms with Crippen LogP contribution in [0, 0.1) is 0 Å². The summed E-state index contributed by atoms with van der Waals surface area (Å²) in [5.74, 6) is 0. The number of ether oxygens (including phenoxy) is 2. The van der Waals surface area contributed by atoms with Crippen molar-refractivity contribution in [2.24, 2.45) is 0 Å². The Labute approximate surface area is 330 Å². The topological polar surface area (TPSA) is 25.1 Å². The molecule has 3 atom stereocenters. The lowest BCUT2D eigenvalue weighted by Crippen LogP contribution is -2.19. The van der Waals surface area contributed by atoms with E-state index in [1.54, 1.807) is 0 Å². The van der Waals surface area contributed by atoms with Crippen LogP contribution in [0.15, 0.2) is 109 Å². The molecule has 0 radical (unpaired) electrons. The van der Waals surface area contributed by atoms with Crippen LogP contribution >= 0.6 is 69.6 Å². The molecule has 2 heterocycles. The third kappa shape index (κ3) is 5.39. The zero-order valence-corrected chi connectivity index (χ0v) is 31.5. The molecule has 2 fully saturated rings. The number of halogens is 6. The molecular weight excluding hydrogens is 773 g/mol. The highest BCUT2D eigenvalue weighted by Crippen LogP contribution is 2.63. The van der Waals surface area contributed by atoms with Crippen LogP contribution in [0.25, 0.3) is 45.6 Å². The third-order valence-corrected chi connectivity index (χ3v) is 11.8. The number of fused-ring (bicyclic) bond motifs is 6. The number of hydrogen-bond donors (Lipinski definition) is 0. The van der Waals surface area contributed by atoms with Crippen LogP contribution in [0.4, 0.5) is 0 Å². The zero-order chi connectivity index (χ0) is 35.5. The Morgan fingerprint density at radius 2 is 0.942 bits per heavy atom. The minimum atomic E-state index is -0.703. The molecule has 0 amide bonds. The second-order valence-electron chi connectivity index (χ2n) is 13.5. The van der Waals surface area contributed by atoms with E-state index in [2.05, 4.69) is 24.3 Å². The molecule has 52 heavy (non-hydrogen) atoms. The van der Waals surface area contributed by atoms with Gasteiger partial charge >= 0.3 is 0 Å². The van der Waals surface area contributed by atoms with Crippen LogP contribution in [0.3, 0.4) is 0 Å². The van der Waals surface area contributed by atoms with E-state index in [1.807, 2.05) is 97.1 Å². The first-order valence-electron chi connectivity index (χ1n) is 16.7. The van der Waals surface area contributed by atoms with Crippen molar-refractivity contribution in [3.63, 3.8) is 0 Å². The number of rotatable bonds is 5. The van der Waals surface area contributed by atoms with Crippen molar-refractivity contribution in [1.29, 1.82) is 0 Å². The van der Waals surface area contributed by atoms with Crippen molar-refractivity contribution in [2.75, 3.05) is 6.61 Å². The van der Waals surface area contributed by atoms with Gasteiger partial charge in [-0.15, -0.1) is 0 Å². The van der Waals surface area contributed by atoms with Crippen molar-refractivity contribution >= 4 is 92.9 Å². The lowest BCUT2D eigenvalue weighted by atomic mass is 9.85. The second-order valence-corrected chi connectivity index (χ2v) is 16.2.